The molecule has 0 spiro atoms. The van der Waals surface area contributed by atoms with Crippen LogP contribution in [0, 0.1) is 18.6 Å². The number of likely N-dealkylation sites (N-methyl/N-ethyl adjacent to an activating group) is 1. The average molecular weight is 613 g/mol. The number of aliphatic hydroxyl groups is 2. The predicted octanol–water partition coefficient (Wildman–Crippen LogP) is 4.60. The molecule has 2 atom stereocenters. The largest absolute Gasteiger partial charge is 0.395 e. The van der Waals surface area contributed by atoms with Crippen molar-refractivity contribution >= 4 is 30.7 Å². The highest BCUT2D eigenvalue weighted by molar-refractivity contribution is 5.94. The number of rotatable bonds is 14. The molecule has 10 heteroatoms. The third kappa shape index (κ3) is 12.0. The van der Waals surface area contributed by atoms with Crippen molar-refractivity contribution in [3.8, 4) is 0 Å². The molecule has 226 valence electrons. The van der Waals surface area contributed by atoms with Gasteiger partial charge in [0.2, 0.25) is 0 Å². The lowest BCUT2D eigenvalue weighted by atomic mass is 9.99. The van der Waals surface area contributed by atoms with Crippen LogP contribution in [0.5, 0.6) is 0 Å². The summed E-state index contributed by atoms with van der Waals surface area (Å²) in [5.74, 6) is -1.82. The van der Waals surface area contributed by atoms with E-state index in [2.05, 4.69) is 29.7 Å². The first-order chi connectivity index (χ1) is 18.7. The molecule has 0 aliphatic rings. The van der Waals surface area contributed by atoms with Gasteiger partial charge in [-0.3, -0.25) is 9.69 Å². The van der Waals surface area contributed by atoms with Crippen molar-refractivity contribution in [2.24, 2.45) is 0 Å². The third-order valence-electron chi connectivity index (χ3n) is 6.57. The molecule has 6 nitrogen and oxygen atoms in total. The number of nitrogens with one attached hydrogen (secondary N) is 2. The van der Waals surface area contributed by atoms with Crippen LogP contribution in [0.25, 0.3) is 0 Å². The zero-order valence-corrected chi connectivity index (χ0v) is 25.3. The number of benzene rings is 3. The van der Waals surface area contributed by atoms with Crippen molar-refractivity contribution in [1.82, 2.24) is 15.5 Å². The number of nitrogens with zero attached hydrogens (tertiary/aromatic N) is 1. The normalized spacial score (nSPS) is 12.3. The molecule has 3 rings (SSSR count). The lowest BCUT2D eigenvalue weighted by Crippen LogP contribution is -2.48. The minimum absolute atomic E-state index is 0. The SMILES string of the molecule is CCc1cccc(CNC[C@@H](O)[C@H](Cc2cc(F)cc(F)c2)NC(=O)c2cc(C)cc(CN(C)CCO)c2)c1.Cl.Cl. The van der Waals surface area contributed by atoms with Gasteiger partial charge in [-0.05, 0) is 73.3 Å². The number of amides is 1. The quantitative estimate of drug-likeness (QED) is 0.214. The Kier molecular flexibility index (Phi) is 16.0. The van der Waals surface area contributed by atoms with E-state index in [0.29, 0.717) is 30.8 Å². The molecule has 0 unspecified atom stereocenters. The number of aryl methyl sites for hydroxylation is 2. The van der Waals surface area contributed by atoms with E-state index in [9.17, 15) is 23.8 Å². The van der Waals surface area contributed by atoms with Crippen molar-refractivity contribution in [1.29, 1.82) is 0 Å². The number of carbonyl (C=O) groups is 1. The number of hydrogen-bond acceptors (Lipinski definition) is 5. The molecule has 0 bridgehead atoms. The molecule has 0 fully saturated rings. The van der Waals surface area contributed by atoms with Gasteiger partial charge < -0.3 is 20.8 Å². The monoisotopic (exact) mass is 611 g/mol. The summed E-state index contributed by atoms with van der Waals surface area (Å²) in [5, 5.41) is 26.4. The molecular formula is C31H41Cl2F2N3O3. The van der Waals surface area contributed by atoms with Gasteiger partial charge in [0.25, 0.3) is 5.91 Å². The summed E-state index contributed by atoms with van der Waals surface area (Å²) in [4.78, 5) is 15.3. The van der Waals surface area contributed by atoms with Crippen LogP contribution in [0.4, 0.5) is 8.78 Å². The molecule has 0 saturated carbocycles. The fourth-order valence-corrected chi connectivity index (χ4v) is 4.63. The van der Waals surface area contributed by atoms with Gasteiger partial charge in [0.05, 0.1) is 18.8 Å². The Morgan fingerprint density at radius 3 is 2.29 bits per heavy atom. The first kappa shape index (κ1) is 36.4. The topological polar surface area (TPSA) is 84.8 Å². The maximum atomic E-state index is 13.9. The van der Waals surface area contributed by atoms with Crippen LogP contribution in [0.2, 0.25) is 0 Å². The first-order valence-corrected chi connectivity index (χ1v) is 13.3. The highest BCUT2D eigenvalue weighted by Crippen LogP contribution is 2.15. The molecule has 0 aliphatic carbocycles. The van der Waals surface area contributed by atoms with E-state index in [4.69, 9.17) is 0 Å². The van der Waals surface area contributed by atoms with Crippen LogP contribution >= 0.6 is 24.8 Å². The van der Waals surface area contributed by atoms with Gasteiger partial charge in [-0.15, -0.1) is 24.8 Å². The minimum Gasteiger partial charge on any atom is -0.395 e. The van der Waals surface area contributed by atoms with Crippen LogP contribution in [0.1, 0.15) is 45.1 Å². The average Bonchev–Trinajstić information content (AvgIpc) is 2.87. The maximum Gasteiger partial charge on any atom is 0.251 e. The molecule has 0 radical (unpaired) electrons. The van der Waals surface area contributed by atoms with Crippen LogP contribution in [0.3, 0.4) is 0 Å². The van der Waals surface area contributed by atoms with Gasteiger partial charge in [0, 0.05) is 37.8 Å². The fraction of sp³-hybridized carbons (Fsp3) is 0.387. The lowest BCUT2D eigenvalue weighted by Gasteiger charge is -2.25. The molecule has 0 aromatic heterocycles. The molecular weight excluding hydrogens is 571 g/mol. The molecule has 0 aliphatic heterocycles. The van der Waals surface area contributed by atoms with Crippen molar-refractivity contribution in [3.63, 3.8) is 0 Å². The standard InChI is InChI=1S/C31H39F2N3O3.2ClH/c1-4-22-6-5-7-23(12-22)18-34-19-30(38)29(16-24-14-27(32)17-28(33)15-24)35-31(39)26-11-21(2)10-25(13-26)20-36(3)8-9-37;;/h5-7,10-15,17,29-30,34,37-38H,4,8-9,16,18-20H2,1-3H3,(H,35,39);2*1H/t29-,30+;;/m0../s1. The number of hydrogen-bond donors (Lipinski definition) is 4. The zero-order chi connectivity index (χ0) is 28.4. The van der Waals surface area contributed by atoms with Gasteiger partial charge in [0.1, 0.15) is 11.6 Å². The third-order valence-corrected chi connectivity index (χ3v) is 6.57. The summed E-state index contributed by atoms with van der Waals surface area (Å²) in [6, 6.07) is 16.1. The van der Waals surface area contributed by atoms with Gasteiger partial charge in [-0.25, -0.2) is 8.78 Å². The summed E-state index contributed by atoms with van der Waals surface area (Å²) in [6.07, 6.45) is -0.0470. The van der Waals surface area contributed by atoms with E-state index in [0.717, 1.165) is 29.2 Å². The Morgan fingerprint density at radius 1 is 0.951 bits per heavy atom. The molecule has 0 heterocycles. The molecule has 0 saturated heterocycles. The van der Waals surface area contributed by atoms with Gasteiger partial charge in [-0.2, -0.15) is 0 Å². The Balaban J connectivity index is 0.00000420. The minimum atomic E-state index is -1.02. The molecule has 1 amide bonds. The van der Waals surface area contributed by atoms with Crippen molar-refractivity contribution in [2.45, 2.75) is 51.9 Å². The van der Waals surface area contributed by atoms with Crippen molar-refractivity contribution in [2.75, 3.05) is 26.7 Å². The van der Waals surface area contributed by atoms with E-state index in [1.807, 2.05) is 37.1 Å². The van der Waals surface area contributed by atoms with Crippen LogP contribution < -0.4 is 10.6 Å². The summed E-state index contributed by atoms with van der Waals surface area (Å²) in [5.41, 5.74) is 4.87. The smallest absolute Gasteiger partial charge is 0.251 e. The predicted molar refractivity (Wildman–Crippen MR) is 164 cm³/mol. The number of carbonyl (C=O) groups excluding carboxylic acids is 1. The van der Waals surface area contributed by atoms with Gasteiger partial charge in [0.15, 0.2) is 0 Å². The number of halogens is 4. The molecule has 3 aromatic carbocycles. The van der Waals surface area contributed by atoms with E-state index in [-0.39, 0.29) is 50.3 Å². The highest BCUT2D eigenvalue weighted by Gasteiger charge is 2.23. The maximum absolute atomic E-state index is 13.9. The van der Waals surface area contributed by atoms with Crippen molar-refractivity contribution < 1.29 is 23.8 Å². The fourth-order valence-electron chi connectivity index (χ4n) is 4.63. The summed E-state index contributed by atoms with van der Waals surface area (Å²) in [7, 11) is 1.88. The highest BCUT2D eigenvalue weighted by atomic mass is 35.5. The zero-order valence-electron chi connectivity index (χ0n) is 23.7. The first-order valence-electron chi connectivity index (χ1n) is 13.3. The lowest BCUT2D eigenvalue weighted by molar-refractivity contribution is 0.0829. The Bertz CT molecular complexity index is 1230. The number of aliphatic hydroxyl groups excluding tert-OH is 2. The Labute approximate surface area is 254 Å². The Hall–Kier alpha value is -2.59. The van der Waals surface area contributed by atoms with Crippen LogP contribution in [-0.4, -0.2) is 59.9 Å². The van der Waals surface area contributed by atoms with Crippen LogP contribution in [0.15, 0.2) is 60.7 Å². The second kappa shape index (κ2) is 18.1. The van der Waals surface area contributed by atoms with E-state index < -0.39 is 23.8 Å². The van der Waals surface area contributed by atoms with E-state index in [1.54, 1.807) is 12.1 Å². The van der Waals surface area contributed by atoms with E-state index >= 15 is 0 Å². The second-order valence-electron chi connectivity index (χ2n) is 10.1. The Morgan fingerprint density at radius 2 is 1.63 bits per heavy atom. The molecule has 3 aromatic rings. The second-order valence-corrected chi connectivity index (χ2v) is 10.1. The van der Waals surface area contributed by atoms with Crippen LogP contribution in [-0.2, 0) is 25.9 Å². The summed E-state index contributed by atoms with van der Waals surface area (Å²) in [6.45, 7) is 5.78. The molecule has 41 heavy (non-hydrogen) atoms. The summed E-state index contributed by atoms with van der Waals surface area (Å²) < 4.78 is 27.8. The van der Waals surface area contributed by atoms with Gasteiger partial charge >= 0.3 is 0 Å². The van der Waals surface area contributed by atoms with Gasteiger partial charge in [-0.1, -0.05) is 42.8 Å². The summed E-state index contributed by atoms with van der Waals surface area (Å²) >= 11 is 0. The molecule has 4 N–H and O–H groups in total. The van der Waals surface area contributed by atoms with Crippen molar-refractivity contribution in [3.05, 3.63) is 106 Å². The van der Waals surface area contributed by atoms with E-state index in [1.165, 1.54) is 17.7 Å².